The number of ether oxygens (including phenoxy) is 6. The molecule has 0 aliphatic carbocycles. The lowest BCUT2D eigenvalue weighted by atomic mass is 9.99. The first-order chi connectivity index (χ1) is 27.0. The minimum absolute atomic E-state index is 0.0388. The molecule has 56 heavy (non-hydrogen) atoms. The maximum Gasteiger partial charge on any atom is 0.331 e. The van der Waals surface area contributed by atoms with Gasteiger partial charge in [0.1, 0.15) is 52.3 Å². The van der Waals surface area contributed by atoms with E-state index >= 15 is 0 Å². The van der Waals surface area contributed by atoms with Gasteiger partial charge in [-0.05, 0) is 54.1 Å². The number of rotatable bonds is 10. The summed E-state index contributed by atoms with van der Waals surface area (Å²) >= 11 is 0. The molecule has 4 aromatic carbocycles. The summed E-state index contributed by atoms with van der Waals surface area (Å²) in [7, 11) is 1.41. The van der Waals surface area contributed by atoms with Crippen molar-refractivity contribution in [1.82, 2.24) is 0 Å². The number of hydrogen-bond donors (Lipinski definition) is 7. The molecule has 16 heteroatoms. The zero-order chi connectivity index (χ0) is 39.7. The first-order valence-corrected chi connectivity index (χ1v) is 17.2. The van der Waals surface area contributed by atoms with Crippen molar-refractivity contribution in [2.45, 2.75) is 42.9 Å². The molecule has 5 aromatic rings. The second-order valence-corrected chi connectivity index (χ2v) is 12.9. The van der Waals surface area contributed by atoms with Crippen LogP contribution in [0.3, 0.4) is 0 Å². The van der Waals surface area contributed by atoms with Gasteiger partial charge in [-0.25, -0.2) is 4.79 Å². The van der Waals surface area contributed by atoms with E-state index in [1.54, 1.807) is 42.5 Å². The summed E-state index contributed by atoms with van der Waals surface area (Å²) < 4.78 is 40.2. The van der Waals surface area contributed by atoms with Crippen LogP contribution in [-0.4, -0.2) is 98.8 Å². The summed E-state index contributed by atoms with van der Waals surface area (Å²) in [6, 6.07) is 18.8. The van der Waals surface area contributed by atoms with Crippen molar-refractivity contribution in [3.05, 3.63) is 106 Å². The molecule has 16 nitrogen and oxygen atoms in total. The summed E-state index contributed by atoms with van der Waals surface area (Å²) in [5.74, 6) is -0.780. The Balaban J connectivity index is 1.09. The maximum atomic E-state index is 13.2. The summed E-state index contributed by atoms with van der Waals surface area (Å²) in [5.41, 5.74) is 0.793. The lowest BCUT2D eigenvalue weighted by molar-refractivity contribution is -0.280. The Morgan fingerprint density at radius 2 is 1.59 bits per heavy atom. The fourth-order valence-corrected chi connectivity index (χ4v) is 6.38. The number of phenols is 3. The highest BCUT2D eigenvalue weighted by Gasteiger charge is 2.47. The summed E-state index contributed by atoms with van der Waals surface area (Å²) in [6.45, 7) is -1.17. The molecule has 1 aromatic heterocycles. The molecule has 0 bridgehead atoms. The van der Waals surface area contributed by atoms with Crippen LogP contribution < -0.4 is 24.4 Å². The van der Waals surface area contributed by atoms with Crippen molar-refractivity contribution in [2.75, 3.05) is 20.3 Å². The van der Waals surface area contributed by atoms with E-state index in [1.165, 1.54) is 43.5 Å². The smallest absolute Gasteiger partial charge is 0.331 e. The summed E-state index contributed by atoms with van der Waals surface area (Å²) in [6.07, 6.45) is -7.23. The topological polar surface area (TPSA) is 244 Å². The Labute approximate surface area is 317 Å². The van der Waals surface area contributed by atoms with E-state index in [-0.39, 0.29) is 45.5 Å². The fourth-order valence-electron chi connectivity index (χ4n) is 6.38. The largest absolute Gasteiger partial charge is 0.508 e. The molecule has 0 amide bonds. The molecular formula is C40H36O16. The molecule has 0 saturated carbocycles. The molecule has 2 unspecified atom stereocenters. The molecule has 7 N–H and O–H groups in total. The first kappa shape index (κ1) is 38.0. The Morgan fingerprint density at radius 3 is 2.32 bits per heavy atom. The van der Waals surface area contributed by atoms with Crippen molar-refractivity contribution >= 4 is 23.0 Å². The zero-order valence-electron chi connectivity index (χ0n) is 29.4. The molecule has 3 heterocycles. The Bertz CT molecular complexity index is 2320. The number of aliphatic hydroxyl groups excluding tert-OH is 4. The molecule has 1 saturated heterocycles. The number of fused-ring (bicyclic) bond motifs is 2. The molecule has 2 aliphatic heterocycles. The van der Waals surface area contributed by atoms with Gasteiger partial charge < -0.3 is 68.6 Å². The van der Waals surface area contributed by atoms with Crippen LogP contribution >= 0.6 is 0 Å². The molecule has 1 fully saturated rings. The molecule has 0 spiro atoms. The Kier molecular flexibility index (Phi) is 10.7. The number of esters is 1. The van der Waals surface area contributed by atoms with Gasteiger partial charge in [-0.1, -0.05) is 18.2 Å². The highest BCUT2D eigenvalue weighted by atomic mass is 16.7. The zero-order valence-corrected chi connectivity index (χ0v) is 29.4. The van der Waals surface area contributed by atoms with Gasteiger partial charge in [0, 0.05) is 35.4 Å². The number of benzene rings is 4. The van der Waals surface area contributed by atoms with Gasteiger partial charge in [-0.15, -0.1) is 0 Å². The van der Waals surface area contributed by atoms with E-state index in [0.29, 0.717) is 22.4 Å². The minimum atomic E-state index is -1.82. The highest BCUT2D eigenvalue weighted by molar-refractivity contribution is 5.87. The van der Waals surface area contributed by atoms with E-state index in [2.05, 4.69) is 0 Å². The number of hydrogen-bond acceptors (Lipinski definition) is 16. The summed E-state index contributed by atoms with van der Waals surface area (Å²) in [4.78, 5) is 25.8. The van der Waals surface area contributed by atoms with E-state index in [1.807, 2.05) is 0 Å². The van der Waals surface area contributed by atoms with E-state index in [9.17, 15) is 45.3 Å². The fraction of sp³-hybridized carbons (Fsp3) is 0.250. The number of carbonyl (C=O) groups excluding carboxylic acids is 1. The Hall–Kier alpha value is -6.30. The van der Waals surface area contributed by atoms with Gasteiger partial charge in [-0.3, -0.25) is 4.79 Å². The Morgan fingerprint density at radius 1 is 0.821 bits per heavy atom. The van der Waals surface area contributed by atoms with Crippen molar-refractivity contribution in [2.24, 2.45) is 0 Å². The maximum absolute atomic E-state index is 13.2. The second-order valence-electron chi connectivity index (χ2n) is 12.9. The van der Waals surface area contributed by atoms with Crippen LogP contribution in [0.1, 0.15) is 17.2 Å². The molecule has 7 atom stereocenters. The predicted octanol–water partition coefficient (Wildman–Crippen LogP) is 2.90. The predicted molar refractivity (Wildman–Crippen MR) is 195 cm³/mol. The van der Waals surface area contributed by atoms with E-state index < -0.39 is 73.3 Å². The van der Waals surface area contributed by atoms with Gasteiger partial charge in [0.25, 0.3) is 0 Å². The average molecular weight is 773 g/mol. The van der Waals surface area contributed by atoms with E-state index in [0.717, 1.165) is 12.1 Å². The lowest BCUT2D eigenvalue weighted by Crippen LogP contribution is -2.61. The van der Waals surface area contributed by atoms with Crippen molar-refractivity contribution in [3.8, 4) is 51.6 Å². The van der Waals surface area contributed by atoms with Gasteiger partial charge in [0.05, 0.1) is 20.3 Å². The summed E-state index contributed by atoms with van der Waals surface area (Å²) in [5, 5.41) is 72.0. The van der Waals surface area contributed by atoms with Crippen LogP contribution in [0, 0.1) is 0 Å². The molecular weight excluding hydrogens is 736 g/mol. The van der Waals surface area contributed by atoms with Crippen LogP contribution in [0.5, 0.6) is 40.2 Å². The lowest BCUT2D eigenvalue weighted by Gasteiger charge is -2.41. The third-order valence-corrected chi connectivity index (χ3v) is 9.22. The van der Waals surface area contributed by atoms with Crippen LogP contribution in [-0.2, 0) is 14.3 Å². The van der Waals surface area contributed by atoms with Crippen LogP contribution in [0.2, 0.25) is 0 Å². The van der Waals surface area contributed by atoms with Crippen LogP contribution in [0.25, 0.3) is 28.4 Å². The van der Waals surface area contributed by atoms with Crippen molar-refractivity contribution < 1.29 is 73.4 Å². The highest BCUT2D eigenvalue weighted by Crippen LogP contribution is 2.43. The van der Waals surface area contributed by atoms with E-state index in [4.69, 9.17) is 32.8 Å². The molecule has 292 valence electrons. The number of phenolic OH excluding ortho intramolecular Hbond substituents is 3. The van der Waals surface area contributed by atoms with Gasteiger partial charge in [0.2, 0.25) is 6.29 Å². The van der Waals surface area contributed by atoms with Crippen molar-refractivity contribution in [3.63, 3.8) is 0 Å². The number of aromatic hydroxyl groups is 3. The molecule has 2 aliphatic rings. The first-order valence-electron chi connectivity index (χ1n) is 17.2. The van der Waals surface area contributed by atoms with Gasteiger partial charge in [-0.2, -0.15) is 0 Å². The second kappa shape index (κ2) is 15.8. The normalized spacial score (nSPS) is 23.2. The standard InChI is InChI=1S/C40H36O16/c1-50-29-13-21(5-9-24(29)44)38-32(17-41)53-30-12-20(6-10-27(30)54-38)28-16-26(46)35-25(45)14-23(15-31(35)52-28)51-40-37(49)36(48)39(33(18-42)55-40)56-34(47)11-4-19-2-7-22(43)8-3-19/h2-16,32-33,36-45,48-49H,17-18H2,1H3/b11-4+/t32?,33-,36-,37-,38?,39-,40-/m1/s1. The number of methoxy groups -OCH3 is 1. The monoisotopic (exact) mass is 772 g/mol. The average Bonchev–Trinajstić information content (AvgIpc) is 3.19. The van der Waals surface area contributed by atoms with Crippen LogP contribution in [0.4, 0.5) is 0 Å². The third-order valence-electron chi connectivity index (χ3n) is 9.22. The van der Waals surface area contributed by atoms with Gasteiger partial charge >= 0.3 is 5.97 Å². The third kappa shape index (κ3) is 7.64. The number of carbonyl (C=O) groups is 1. The molecule has 0 radical (unpaired) electrons. The van der Waals surface area contributed by atoms with Gasteiger partial charge in [0.15, 0.2) is 46.7 Å². The quantitative estimate of drug-likeness (QED) is 0.0797. The van der Waals surface area contributed by atoms with Crippen LogP contribution in [0.15, 0.2) is 94.2 Å². The number of aliphatic hydroxyl groups is 4. The SMILES string of the molecule is COc1cc(C2Oc3ccc(-c4cc(=O)c5c(O)cc(O[C@@H]6O[C@H](CO)[C@@H](OC(=O)/C=C/c7ccc(O)cc7)[C@H](O)[C@H]6O)cc5o4)cc3OC2CO)ccc1O. The molecule has 7 rings (SSSR count). The van der Waals surface area contributed by atoms with Crippen molar-refractivity contribution in [1.29, 1.82) is 0 Å². The minimum Gasteiger partial charge on any atom is -0.508 e.